The van der Waals surface area contributed by atoms with Crippen LogP contribution in [0.2, 0.25) is 0 Å². The van der Waals surface area contributed by atoms with Crippen LogP contribution in [0, 0.1) is 0 Å². The van der Waals surface area contributed by atoms with Crippen molar-refractivity contribution in [2.24, 2.45) is 0 Å². The summed E-state index contributed by atoms with van der Waals surface area (Å²) in [7, 11) is 0. The zero-order valence-corrected chi connectivity index (χ0v) is 9.24. The Morgan fingerprint density at radius 2 is 1.58 bits per heavy atom. The predicted molar refractivity (Wildman–Crippen MR) is 52.7 cm³/mol. The molecule has 0 aliphatic heterocycles. The molecule has 12 heavy (non-hydrogen) atoms. The van der Waals surface area contributed by atoms with Crippen LogP contribution in [0.25, 0.3) is 0 Å². The summed E-state index contributed by atoms with van der Waals surface area (Å²) in [5.74, 6) is 0.495. The maximum absolute atomic E-state index is 9.09. The van der Waals surface area contributed by atoms with E-state index in [0.29, 0.717) is 0 Å². The van der Waals surface area contributed by atoms with Crippen LogP contribution in [0.1, 0.15) is 0 Å². The lowest BCUT2D eigenvalue weighted by Gasteiger charge is -2.19. The van der Waals surface area contributed by atoms with Crippen molar-refractivity contribution in [2.75, 3.05) is 17.6 Å². The summed E-state index contributed by atoms with van der Waals surface area (Å²) >= 11 is 21.9. The van der Waals surface area contributed by atoms with Crippen molar-refractivity contribution >= 4 is 46.4 Å². The molecule has 2 unspecified atom stereocenters. The van der Waals surface area contributed by atoms with Gasteiger partial charge in [-0.25, -0.2) is 0 Å². The highest BCUT2D eigenvalue weighted by molar-refractivity contribution is 6.23. The third-order valence-electron chi connectivity index (χ3n) is 1.13. The Bertz CT molecular complexity index is 110. The van der Waals surface area contributed by atoms with Crippen molar-refractivity contribution in [1.29, 1.82) is 0 Å². The van der Waals surface area contributed by atoms with Crippen LogP contribution >= 0.6 is 46.4 Å². The summed E-state index contributed by atoms with van der Waals surface area (Å²) in [4.78, 5) is 0. The quantitative estimate of drug-likeness (QED) is 0.736. The topological polar surface area (TPSA) is 29.5 Å². The number of aliphatic hydroxyl groups is 1. The largest absolute Gasteiger partial charge is 0.388 e. The molecule has 0 radical (unpaired) electrons. The maximum Gasteiger partial charge on any atom is 0.158 e. The van der Waals surface area contributed by atoms with Gasteiger partial charge in [0.2, 0.25) is 0 Å². The third-order valence-corrected chi connectivity index (χ3v) is 2.53. The number of hydrogen-bond acceptors (Lipinski definition) is 2. The molecule has 0 heterocycles. The summed E-state index contributed by atoms with van der Waals surface area (Å²) in [6, 6.07) is 0. The van der Waals surface area contributed by atoms with Crippen molar-refractivity contribution < 1.29 is 9.84 Å². The summed E-state index contributed by atoms with van der Waals surface area (Å²) in [5.41, 5.74) is -0.856. The van der Waals surface area contributed by atoms with Gasteiger partial charge in [-0.1, -0.05) is 11.6 Å². The number of halogens is 4. The van der Waals surface area contributed by atoms with Gasteiger partial charge in [0.15, 0.2) is 5.56 Å². The van der Waals surface area contributed by atoms with E-state index in [1.165, 1.54) is 0 Å². The van der Waals surface area contributed by atoms with Crippen LogP contribution < -0.4 is 0 Å². The smallest absolute Gasteiger partial charge is 0.158 e. The van der Waals surface area contributed by atoms with E-state index in [1.54, 1.807) is 0 Å². The molecule has 0 rings (SSSR count). The fourth-order valence-corrected chi connectivity index (χ4v) is 1.42. The van der Waals surface area contributed by atoms with Crippen molar-refractivity contribution in [3.8, 4) is 0 Å². The van der Waals surface area contributed by atoms with Crippen molar-refractivity contribution in [3.63, 3.8) is 0 Å². The molecule has 2 atom stereocenters. The lowest BCUT2D eigenvalue weighted by molar-refractivity contribution is -0.00887. The van der Waals surface area contributed by atoms with Crippen LogP contribution in [0.5, 0.6) is 0 Å². The van der Waals surface area contributed by atoms with E-state index >= 15 is 0 Å². The van der Waals surface area contributed by atoms with Gasteiger partial charge in [-0.05, 0) is 0 Å². The fourth-order valence-electron chi connectivity index (χ4n) is 0.459. The predicted octanol–water partition coefficient (Wildman–Crippen LogP) is 2.01. The van der Waals surface area contributed by atoms with Gasteiger partial charge in [-0.2, -0.15) is 0 Å². The molecular formula is C6H10Cl4O2. The van der Waals surface area contributed by atoms with Crippen molar-refractivity contribution in [1.82, 2.24) is 0 Å². The van der Waals surface area contributed by atoms with E-state index in [9.17, 15) is 0 Å². The minimum atomic E-state index is -0.901. The van der Waals surface area contributed by atoms with E-state index < -0.39 is 11.7 Å². The third kappa shape index (κ3) is 4.95. The molecule has 0 amide bonds. The highest BCUT2D eigenvalue weighted by Gasteiger charge is 2.19. The molecule has 0 aromatic carbocycles. The Balaban J connectivity index is 3.72. The number of alkyl halides is 4. The minimum absolute atomic E-state index is 0.0193. The van der Waals surface area contributed by atoms with Gasteiger partial charge >= 0.3 is 0 Å². The molecule has 0 saturated heterocycles. The molecule has 6 heteroatoms. The van der Waals surface area contributed by atoms with Crippen molar-refractivity contribution in [3.05, 3.63) is 0 Å². The first kappa shape index (κ1) is 13.1. The number of aliphatic hydroxyl groups excluding tert-OH is 1. The molecule has 0 aromatic rings. The second kappa shape index (κ2) is 7.48. The molecule has 0 fully saturated rings. The molecule has 0 aliphatic carbocycles. The average Bonchev–Trinajstić information content (AvgIpc) is 2.12. The minimum Gasteiger partial charge on any atom is -0.388 e. The normalized spacial score (nSPS) is 16.5. The standard InChI is InChI=1S/C6H10Cl4O2/c7-1-4(2-8)12-6(10)5(11)3-9/h4-6,11H,1-3H2. The summed E-state index contributed by atoms with van der Waals surface area (Å²) < 4.78 is 5.07. The highest BCUT2D eigenvalue weighted by Crippen LogP contribution is 2.11. The molecule has 2 nitrogen and oxygen atoms in total. The molecule has 0 aromatic heterocycles. The van der Waals surface area contributed by atoms with E-state index in [1.807, 2.05) is 0 Å². The van der Waals surface area contributed by atoms with Gasteiger partial charge in [-0.3, -0.25) is 0 Å². The van der Waals surface area contributed by atoms with Gasteiger partial charge in [-0.15, -0.1) is 34.8 Å². The zero-order chi connectivity index (χ0) is 9.56. The van der Waals surface area contributed by atoms with Crippen LogP contribution in [0.4, 0.5) is 0 Å². The monoisotopic (exact) mass is 254 g/mol. The van der Waals surface area contributed by atoms with E-state index in [0.717, 1.165) is 0 Å². The van der Waals surface area contributed by atoms with Gasteiger partial charge in [0.25, 0.3) is 0 Å². The summed E-state index contributed by atoms with van der Waals surface area (Å²) in [6.45, 7) is 0. The van der Waals surface area contributed by atoms with E-state index in [-0.39, 0.29) is 23.7 Å². The number of hydrogen-bond donors (Lipinski definition) is 1. The van der Waals surface area contributed by atoms with Crippen molar-refractivity contribution in [2.45, 2.75) is 17.8 Å². The lowest BCUT2D eigenvalue weighted by atomic mass is 10.4. The molecule has 1 N–H and O–H groups in total. The Morgan fingerprint density at radius 3 is 1.92 bits per heavy atom. The SMILES string of the molecule is OC(CCl)C(Cl)OC(CCl)CCl. The average molecular weight is 256 g/mol. The molecule has 0 saturated carbocycles. The van der Waals surface area contributed by atoms with E-state index in [4.69, 9.17) is 56.2 Å². The Labute approximate surface area is 91.7 Å². The zero-order valence-electron chi connectivity index (χ0n) is 6.22. The first-order valence-electron chi connectivity index (χ1n) is 3.31. The maximum atomic E-state index is 9.09. The van der Waals surface area contributed by atoms with Gasteiger partial charge in [0, 0.05) is 11.8 Å². The molecule has 0 aliphatic rings. The first-order valence-corrected chi connectivity index (χ1v) is 5.35. The van der Waals surface area contributed by atoms with Crippen LogP contribution in [-0.2, 0) is 4.74 Å². The van der Waals surface area contributed by atoms with Gasteiger partial charge in [0.05, 0.1) is 12.0 Å². The summed E-state index contributed by atoms with van der Waals surface area (Å²) in [5, 5.41) is 9.09. The van der Waals surface area contributed by atoms with Crippen LogP contribution in [0.3, 0.4) is 0 Å². The van der Waals surface area contributed by atoms with Gasteiger partial charge < -0.3 is 9.84 Å². The highest BCUT2D eigenvalue weighted by atomic mass is 35.5. The second-order valence-electron chi connectivity index (χ2n) is 2.14. The molecular weight excluding hydrogens is 246 g/mol. The molecule has 74 valence electrons. The molecule has 0 bridgehead atoms. The second-order valence-corrected chi connectivity index (χ2v) is 3.50. The lowest BCUT2D eigenvalue weighted by Crippen LogP contribution is -2.31. The Morgan fingerprint density at radius 1 is 1.08 bits per heavy atom. The fraction of sp³-hybridized carbons (Fsp3) is 1.00. The van der Waals surface area contributed by atoms with Crippen LogP contribution in [-0.4, -0.2) is 40.5 Å². The van der Waals surface area contributed by atoms with Crippen LogP contribution in [0.15, 0.2) is 0 Å². The Hall–Kier alpha value is 1.08. The summed E-state index contributed by atoms with van der Waals surface area (Å²) in [6.07, 6.45) is -1.25. The number of rotatable bonds is 6. The van der Waals surface area contributed by atoms with Gasteiger partial charge in [0.1, 0.15) is 6.10 Å². The number of ether oxygens (including phenoxy) is 1. The first-order chi connectivity index (χ1) is 5.65. The van der Waals surface area contributed by atoms with E-state index in [2.05, 4.69) is 0 Å². The molecule has 0 spiro atoms. The Kier molecular flexibility index (Phi) is 8.15.